The molecule has 0 aliphatic rings. The molecule has 0 aromatic heterocycles. The first-order valence-corrected chi connectivity index (χ1v) is 5.74. The predicted molar refractivity (Wildman–Crippen MR) is 63.7 cm³/mol. The van der Waals surface area contributed by atoms with Gasteiger partial charge in [-0.25, -0.2) is 0 Å². The molecule has 0 rings (SSSR count). The third-order valence-electron chi connectivity index (χ3n) is 1.77. The quantitative estimate of drug-likeness (QED) is 0.477. The number of hydrogen-bond donors (Lipinski definition) is 2. The molecule has 0 aromatic carbocycles. The van der Waals surface area contributed by atoms with Crippen molar-refractivity contribution in [1.29, 1.82) is 0 Å². The second-order valence-electron chi connectivity index (χ2n) is 3.94. The van der Waals surface area contributed by atoms with E-state index in [4.69, 9.17) is 19.7 Å². The lowest BCUT2D eigenvalue weighted by atomic mass is 10.3. The van der Waals surface area contributed by atoms with Crippen LogP contribution in [0.1, 0.15) is 26.7 Å². The van der Waals surface area contributed by atoms with Gasteiger partial charge in [-0.1, -0.05) is 0 Å². The molecular formula is C12H20O6. The summed E-state index contributed by atoms with van der Waals surface area (Å²) in [5.41, 5.74) is 0. The van der Waals surface area contributed by atoms with Gasteiger partial charge in [-0.3, -0.25) is 9.59 Å². The lowest BCUT2D eigenvalue weighted by molar-refractivity contribution is -0.145. The molecule has 0 heterocycles. The second-order valence-corrected chi connectivity index (χ2v) is 3.94. The Labute approximate surface area is 106 Å². The van der Waals surface area contributed by atoms with E-state index < -0.39 is 24.1 Å². The van der Waals surface area contributed by atoms with Crippen molar-refractivity contribution in [2.75, 3.05) is 13.2 Å². The van der Waals surface area contributed by atoms with Gasteiger partial charge >= 0.3 is 11.9 Å². The van der Waals surface area contributed by atoms with Gasteiger partial charge in [0, 0.05) is 0 Å². The molecule has 18 heavy (non-hydrogen) atoms. The molecule has 6 nitrogen and oxygen atoms in total. The fourth-order valence-electron chi connectivity index (χ4n) is 1.02. The van der Waals surface area contributed by atoms with Crippen LogP contribution in [0.4, 0.5) is 0 Å². The molecule has 0 bridgehead atoms. The zero-order valence-corrected chi connectivity index (χ0v) is 10.7. The Kier molecular flexibility index (Phi) is 8.86. The van der Waals surface area contributed by atoms with E-state index in [0.717, 1.165) is 0 Å². The number of ether oxygens (including phenoxy) is 2. The normalized spacial score (nSPS) is 14.2. The van der Waals surface area contributed by atoms with E-state index in [2.05, 4.69) is 0 Å². The first-order chi connectivity index (χ1) is 8.41. The SMILES string of the molecule is CC(O)CC(=O)OC/C=C/COC(=O)CC(C)O. The fraction of sp³-hybridized carbons (Fsp3) is 0.667. The van der Waals surface area contributed by atoms with Crippen molar-refractivity contribution in [3.63, 3.8) is 0 Å². The van der Waals surface area contributed by atoms with Crippen LogP contribution in [0, 0.1) is 0 Å². The zero-order valence-electron chi connectivity index (χ0n) is 10.7. The molecule has 0 amide bonds. The topological polar surface area (TPSA) is 93.1 Å². The predicted octanol–water partition coefficient (Wildman–Crippen LogP) is 0.171. The summed E-state index contributed by atoms with van der Waals surface area (Å²) in [6.07, 6.45) is 1.55. The van der Waals surface area contributed by atoms with Gasteiger partial charge in [0.25, 0.3) is 0 Å². The smallest absolute Gasteiger partial charge is 0.308 e. The standard InChI is InChI=1S/C12H20O6/c1-9(13)7-11(15)17-5-3-4-6-18-12(16)8-10(2)14/h3-4,9-10,13-14H,5-8H2,1-2H3/b4-3+. The highest BCUT2D eigenvalue weighted by molar-refractivity contribution is 5.70. The molecule has 0 saturated heterocycles. The molecular weight excluding hydrogens is 240 g/mol. The molecule has 6 heteroatoms. The molecule has 0 aliphatic heterocycles. The fourth-order valence-corrected chi connectivity index (χ4v) is 1.02. The minimum Gasteiger partial charge on any atom is -0.461 e. The first kappa shape index (κ1) is 16.6. The molecule has 0 radical (unpaired) electrons. The summed E-state index contributed by atoms with van der Waals surface area (Å²) in [6.45, 7) is 3.14. The van der Waals surface area contributed by atoms with Crippen LogP contribution >= 0.6 is 0 Å². The maximum absolute atomic E-state index is 11.0. The van der Waals surface area contributed by atoms with E-state index in [1.165, 1.54) is 26.0 Å². The second kappa shape index (κ2) is 9.61. The van der Waals surface area contributed by atoms with Gasteiger partial charge in [0.2, 0.25) is 0 Å². The monoisotopic (exact) mass is 260 g/mol. The summed E-state index contributed by atoms with van der Waals surface area (Å²) >= 11 is 0. The van der Waals surface area contributed by atoms with Gasteiger partial charge in [0.05, 0.1) is 25.0 Å². The van der Waals surface area contributed by atoms with Crippen LogP contribution in [0.3, 0.4) is 0 Å². The number of hydrogen-bond acceptors (Lipinski definition) is 6. The Morgan fingerprint density at radius 1 is 0.944 bits per heavy atom. The molecule has 104 valence electrons. The van der Waals surface area contributed by atoms with Gasteiger partial charge < -0.3 is 19.7 Å². The Morgan fingerprint density at radius 3 is 1.56 bits per heavy atom. The maximum Gasteiger partial charge on any atom is 0.308 e. The maximum atomic E-state index is 11.0. The number of carbonyl (C=O) groups excluding carboxylic acids is 2. The van der Waals surface area contributed by atoms with Crippen molar-refractivity contribution >= 4 is 11.9 Å². The van der Waals surface area contributed by atoms with Gasteiger partial charge in [0.1, 0.15) is 13.2 Å². The largest absolute Gasteiger partial charge is 0.461 e. The Balaban J connectivity index is 3.55. The van der Waals surface area contributed by atoms with Crippen LogP contribution in [0.15, 0.2) is 12.2 Å². The Bertz CT molecular complexity index is 254. The van der Waals surface area contributed by atoms with Crippen molar-refractivity contribution in [2.45, 2.75) is 38.9 Å². The third-order valence-corrected chi connectivity index (χ3v) is 1.77. The summed E-state index contributed by atoms with van der Waals surface area (Å²) in [5.74, 6) is -0.971. The summed E-state index contributed by atoms with van der Waals surface area (Å²) < 4.78 is 9.52. The minimum absolute atomic E-state index is 0.0444. The lowest BCUT2D eigenvalue weighted by Crippen LogP contribution is -2.13. The van der Waals surface area contributed by atoms with Gasteiger partial charge in [0.15, 0.2) is 0 Å². The lowest BCUT2D eigenvalue weighted by Gasteiger charge is -2.04. The molecule has 0 aliphatic carbocycles. The van der Waals surface area contributed by atoms with Crippen molar-refractivity contribution < 1.29 is 29.3 Å². The summed E-state index contributed by atoms with van der Waals surface area (Å²) in [7, 11) is 0. The van der Waals surface area contributed by atoms with Crippen LogP contribution in [-0.4, -0.2) is 47.6 Å². The zero-order chi connectivity index (χ0) is 14.0. The number of aliphatic hydroxyl groups is 2. The van der Waals surface area contributed by atoms with Crippen LogP contribution in [0.5, 0.6) is 0 Å². The number of carbonyl (C=O) groups is 2. The molecule has 0 aromatic rings. The van der Waals surface area contributed by atoms with Gasteiger partial charge in [-0.15, -0.1) is 0 Å². The molecule has 0 saturated carbocycles. The van der Waals surface area contributed by atoms with Crippen molar-refractivity contribution in [3.05, 3.63) is 12.2 Å². The van der Waals surface area contributed by atoms with E-state index >= 15 is 0 Å². The van der Waals surface area contributed by atoms with Gasteiger partial charge in [-0.05, 0) is 26.0 Å². The highest BCUT2D eigenvalue weighted by Gasteiger charge is 2.06. The molecule has 0 fully saturated rings. The van der Waals surface area contributed by atoms with E-state index in [0.29, 0.717) is 0 Å². The van der Waals surface area contributed by atoms with E-state index in [-0.39, 0.29) is 26.1 Å². The van der Waals surface area contributed by atoms with Crippen LogP contribution < -0.4 is 0 Å². The molecule has 0 spiro atoms. The Morgan fingerprint density at radius 2 is 1.28 bits per heavy atom. The highest BCUT2D eigenvalue weighted by Crippen LogP contribution is 1.94. The van der Waals surface area contributed by atoms with Crippen molar-refractivity contribution in [1.82, 2.24) is 0 Å². The molecule has 2 unspecified atom stereocenters. The van der Waals surface area contributed by atoms with Crippen LogP contribution in [0.25, 0.3) is 0 Å². The third kappa shape index (κ3) is 11.1. The van der Waals surface area contributed by atoms with Crippen molar-refractivity contribution in [3.8, 4) is 0 Å². The van der Waals surface area contributed by atoms with E-state index in [1.54, 1.807) is 0 Å². The van der Waals surface area contributed by atoms with Crippen LogP contribution in [-0.2, 0) is 19.1 Å². The minimum atomic E-state index is -0.720. The van der Waals surface area contributed by atoms with E-state index in [9.17, 15) is 9.59 Å². The van der Waals surface area contributed by atoms with Gasteiger partial charge in [-0.2, -0.15) is 0 Å². The average Bonchev–Trinajstić information content (AvgIpc) is 2.20. The Hall–Kier alpha value is -1.40. The van der Waals surface area contributed by atoms with Crippen molar-refractivity contribution in [2.24, 2.45) is 0 Å². The molecule has 2 atom stereocenters. The summed E-state index contributed by atoms with van der Waals surface area (Å²) in [6, 6.07) is 0. The highest BCUT2D eigenvalue weighted by atomic mass is 16.5. The number of aliphatic hydroxyl groups excluding tert-OH is 2. The van der Waals surface area contributed by atoms with Crippen LogP contribution in [0.2, 0.25) is 0 Å². The number of esters is 2. The number of rotatable bonds is 8. The summed E-state index contributed by atoms with van der Waals surface area (Å²) in [4.78, 5) is 22.0. The summed E-state index contributed by atoms with van der Waals surface area (Å²) in [5, 5.41) is 17.8. The first-order valence-electron chi connectivity index (χ1n) is 5.74. The van der Waals surface area contributed by atoms with E-state index in [1.807, 2.05) is 0 Å². The average molecular weight is 260 g/mol. The molecule has 2 N–H and O–H groups in total.